The highest BCUT2D eigenvalue weighted by molar-refractivity contribution is 7.99. The maximum atomic E-state index is 12.4. The predicted octanol–water partition coefficient (Wildman–Crippen LogP) is 2.13. The molecule has 3 aromatic heterocycles. The largest absolute Gasteiger partial charge is 0.494 e. The molecule has 34 heavy (non-hydrogen) atoms. The van der Waals surface area contributed by atoms with E-state index in [-0.39, 0.29) is 18.1 Å². The quantitative estimate of drug-likeness (QED) is 0.297. The Bertz CT molecular complexity index is 1380. The van der Waals surface area contributed by atoms with Crippen LogP contribution in [0.25, 0.3) is 5.69 Å². The van der Waals surface area contributed by atoms with Crippen LogP contribution in [0.2, 0.25) is 0 Å². The van der Waals surface area contributed by atoms with E-state index in [0.29, 0.717) is 34.2 Å². The molecule has 1 amide bonds. The average Bonchev–Trinajstić information content (AvgIpc) is 3.38. The molecule has 0 spiro atoms. The first-order chi connectivity index (χ1) is 16.4. The molecule has 4 aromatic rings. The lowest BCUT2D eigenvalue weighted by Crippen LogP contribution is -2.23. The van der Waals surface area contributed by atoms with Gasteiger partial charge in [0.25, 0.3) is 5.56 Å². The molecule has 0 fully saturated rings. The Morgan fingerprint density at radius 1 is 1.21 bits per heavy atom. The number of ether oxygens (including phenoxy) is 1. The minimum Gasteiger partial charge on any atom is -0.494 e. The summed E-state index contributed by atoms with van der Waals surface area (Å²) in [6.45, 7) is 4.30. The number of carbonyl (C=O) groups excluding carboxylic acids is 1. The number of benzene rings is 1. The van der Waals surface area contributed by atoms with Crippen LogP contribution in [0.3, 0.4) is 0 Å². The number of aryl methyl sites for hydroxylation is 1. The van der Waals surface area contributed by atoms with E-state index < -0.39 is 11.2 Å². The molecule has 3 N–H and O–H groups in total. The molecule has 0 saturated heterocycles. The molecule has 11 nitrogen and oxygen atoms in total. The summed E-state index contributed by atoms with van der Waals surface area (Å²) in [5, 5.41) is 14.2. The number of nitrogens with one attached hydrogen (secondary N) is 3. The van der Waals surface area contributed by atoms with Gasteiger partial charge in [-0.3, -0.25) is 19.1 Å². The molecular formula is C21H21N7O4S2. The molecule has 3 heterocycles. The summed E-state index contributed by atoms with van der Waals surface area (Å²) in [7, 11) is 0. The fraction of sp³-hybridized carbons (Fsp3) is 0.238. The lowest BCUT2D eigenvalue weighted by molar-refractivity contribution is -0.113. The minimum absolute atomic E-state index is 0.0929. The first kappa shape index (κ1) is 23.4. The highest BCUT2D eigenvalue weighted by Gasteiger charge is 2.17. The summed E-state index contributed by atoms with van der Waals surface area (Å²) in [5.41, 5.74) is 0.870. The van der Waals surface area contributed by atoms with E-state index in [1.54, 1.807) is 4.57 Å². The van der Waals surface area contributed by atoms with Crippen LogP contribution in [-0.2, 0) is 11.2 Å². The van der Waals surface area contributed by atoms with E-state index in [1.165, 1.54) is 29.2 Å². The molecule has 0 aliphatic carbocycles. The molecule has 0 unspecified atom stereocenters. The standard InChI is InChI=1S/C21H21N7O4S2/c1-3-32-15-6-4-14(5-7-15)28-16(8-13-9-17(29)24-19(31)23-13)26-27-21(28)34-11-18(30)25-20-22-12(2)10-33-20/h4-7,9-10H,3,8,11H2,1-2H3,(H,22,25,30)(H2,23,24,29,31). The Balaban J connectivity index is 1.60. The number of thiazole rings is 1. The number of hydrogen-bond acceptors (Lipinski definition) is 9. The third kappa shape index (κ3) is 5.80. The van der Waals surface area contributed by atoms with Gasteiger partial charge in [0.15, 0.2) is 10.3 Å². The second kappa shape index (κ2) is 10.5. The molecule has 0 aliphatic heterocycles. The lowest BCUT2D eigenvalue weighted by atomic mass is 10.2. The van der Waals surface area contributed by atoms with Crippen molar-refractivity contribution in [1.82, 2.24) is 29.7 Å². The number of hydrogen-bond donors (Lipinski definition) is 3. The fourth-order valence-corrected chi connectivity index (χ4v) is 4.58. The third-order valence-electron chi connectivity index (χ3n) is 4.47. The van der Waals surface area contributed by atoms with Crippen LogP contribution in [0.5, 0.6) is 5.75 Å². The molecule has 13 heteroatoms. The van der Waals surface area contributed by atoms with E-state index in [2.05, 4.69) is 30.5 Å². The summed E-state index contributed by atoms with van der Waals surface area (Å²) in [4.78, 5) is 44.8. The van der Waals surface area contributed by atoms with Gasteiger partial charge < -0.3 is 15.0 Å². The Morgan fingerprint density at radius 3 is 2.68 bits per heavy atom. The van der Waals surface area contributed by atoms with Gasteiger partial charge in [-0.15, -0.1) is 21.5 Å². The van der Waals surface area contributed by atoms with Gasteiger partial charge in [-0.25, -0.2) is 9.78 Å². The Kier molecular flexibility index (Phi) is 7.23. The highest BCUT2D eigenvalue weighted by atomic mass is 32.2. The Morgan fingerprint density at radius 2 is 2.00 bits per heavy atom. The van der Waals surface area contributed by atoms with Crippen LogP contribution < -0.4 is 21.3 Å². The number of amides is 1. The van der Waals surface area contributed by atoms with Gasteiger partial charge in [0.2, 0.25) is 5.91 Å². The first-order valence-corrected chi connectivity index (χ1v) is 12.1. The number of carbonyl (C=O) groups is 1. The normalized spacial score (nSPS) is 10.9. The Labute approximate surface area is 201 Å². The van der Waals surface area contributed by atoms with Crippen LogP contribution in [0.1, 0.15) is 24.1 Å². The van der Waals surface area contributed by atoms with Crippen LogP contribution in [-0.4, -0.2) is 48.0 Å². The number of nitrogens with zero attached hydrogens (tertiary/aromatic N) is 4. The van der Waals surface area contributed by atoms with E-state index in [0.717, 1.165) is 11.4 Å². The van der Waals surface area contributed by atoms with Gasteiger partial charge in [-0.2, -0.15) is 0 Å². The summed E-state index contributed by atoms with van der Waals surface area (Å²) < 4.78 is 7.29. The summed E-state index contributed by atoms with van der Waals surface area (Å²) in [6, 6.07) is 8.64. The first-order valence-electron chi connectivity index (χ1n) is 10.3. The summed E-state index contributed by atoms with van der Waals surface area (Å²) in [5.74, 6) is 1.08. The highest BCUT2D eigenvalue weighted by Crippen LogP contribution is 2.25. The zero-order valence-corrected chi connectivity index (χ0v) is 20.0. The number of aromatic nitrogens is 6. The van der Waals surface area contributed by atoms with Crippen molar-refractivity contribution in [2.75, 3.05) is 17.7 Å². The van der Waals surface area contributed by atoms with Gasteiger partial charge in [0.1, 0.15) is 11.6 Å². The van der Waals surface area contributed by atoms with E-state index in [1.807, 2.05) is 43.5 Å². The molecule has 0 atom stereocenters. The second-order valence-electron chi connectivity index (χ2n) is 7.08. The number of H-pyrrole nitrogens is 2. The fourth-order valence-electron chi connectivity index (χ4n) is 3.11. The lowest BCUT2D eigenvalue weighted by Gasteiger charge is -2.11. The zero-order valence-electron chi connectivity index (χ0n) is 18.3. The van der Waals surface area contributed by atoms with Crippen molar-refractivity contribution in [3.05, 3.63) is 73.8 Å². The molecule has 0 saturated carbocycles. The predicted molar refractivity (Wildman–Crippen MR) is 129 cm³/mol. The number of anilines is 1. The molecule has 4 rings (SSSR count). The number of aromatic amines is 2. The molecule has 1 aromatic carbocycles. The van der Waals surface area contributed by atoms with Crippen molar-refractivity contribution in [2.45, 2.75) is 25.4 Å². The van der Waals surface area contributed by atoms with Crippen LogP contribution >= 0.6 is 23.1 Å². The third-order valence-corrected chi connectivity index (χ3v) is 6.27. The molecule has 0 aliphatic rings. The van der Waals surface area contributed by atoms with Crippen molar-refractivity contribution in [1.29, 1.82) is 0 Å². The van der Waals surface area contributed by atoms with Gasteiger partial charge in [0.05, 0.1) is 18.1 Å². The van der Waals surface area contributed by atoms with Crippen molar-refractivity contribution in [3.63, 3.8) is 0 Å². The van der Waals surface area contributed by atoms with Crippen LogP contribution in [0, 0.1) is 6.92 Å². The monoisotopic (exact) mass is 499 g/mol. The zero-order chi connectivity index (χ0) is 24.1. The molecule has 0 radical (unpaired) electrons. The van der Waals surface area contributed by atoms with Gasteiger partial charge in [0, 0.05) is 29.2 Å². The van der Waals surface area contributed by atoms with E-state index >= 15 is 0 Å². The van der Waals surface area contributed by atoms with Gasteiger partial charge >= 0.3 is 5.69 Å². The van der Waals surface area contributed by atoms with Gasteiger partial charge in [-0.05, 0) is 38.1 Å². The van der Waals surface area contributed by atoms with Crippen molar-refractivity contribution in [2.24, 2.45) is 0 Å². The van der Waals surface area contributed by atoms with Crippen LogP contribution in [0.15, 0.2) is 50.5 Å². The second-order valence-corrected chi connectivity index (χ2v) is 8.88. The average molecular weight is 500 g/mol. The smallest absolute Gasteiger partial charge is 0.325 e. The maximum Gasteiger partial charge on any atom is 0.325 e. The number of thioether (sulfide) groups is 1. The van der Waals surface area contributed by atoms with Crippen molar-refractivity contribution >= 4 is 34.1 Å². The van der Waals surface area contributed by atoms with E-state index in [9.17, 15) is 14.4 Å². The maximum absolute atomic E-state index is 12.4. The SMILES string of the molecule is CCOc1ccc(-n2c(Cc3cc(=O)[nH]c(=O)[nH]3)nnc2SCC(=O)Nc2nc(C)cs2)cc1. The summed E-state index contributed by atoms with van der Waals surface area (Å²) in [6.07, 6.45) is 0.157. The minimum atomic E-state index is -0.599. The molecule has 0 bridgehead atoms. The van der Waals surface area contributed by atoms with Crippen molar-refractivity contribution in [3.8, 4) is 11.4 Å². The number of rotatable bonds is 9. The van der Waals surface area contributed by atoms with Crippen LogP contribution in [0.4, 0.5) is 5.13 Å². The molecule has 176 valence electrons. The Hall–Kier alpha value is -3.71. The summed E-state index contributed by atoms with van der Waals surface area (Å²) >= 11 is 2.57. The van der Waals surface area contributed by atoms with Crippen molar-refractivity contribution < 1.29 is 9.53 Å². The van der Waals surface area contributed by atoms with Gasteiger partial charge in [-0.1, -0.05) is 11.8 Å². The molecular weight excluding hydrogens is 478 g/mol. The van der Waals surface area contributed by atoms with E-state index in [4.69, 9.17) is 4.74 Å². The topological polar surface area (TPSA) is 148 Å².